The van der Waals surface area contributed by atoms with Crippen molar-refractivity contribution < 1.29 is 19.1 Å². The van der Waals surface area contributed by atoms with Gasteiger partial charge < -0.3 is 10.1 Å². The third-order valence-electron chi connectivity index (χ3n) is 5.31. The normalized spacial score (nSPS) is 14.5. The molecule has 0 aliphatic carbocycles. The van der Waals surface area contributed by atoms with Crippen LogP contribution in [-0.4, -0.2) is 28.6 Å². The maximum atomic E-state index is 12.8. The van der Waals surface area contributed by atoms with Gasteiger partial charge in [0.05, 0.1) is 11.4 Å². The lowest BCUT2D eigenvalue weighted by molar-refractivity contribution is -0.123. The molecule has 4 rings (SSSR count). The number of ether oxygens (including phenoxy) is 1. The molecule has 3 aromatic rings. The highest BCUT2D eigenvalue weighted by atomic mass is 127. The van der Waals surface area contributed by atoms with Gasteiger partial charge in [0.2, 0.25) is 0 Å². The largest absolute Gasteiger partial charge is 0.484 e. The van der Waals surface area contributed by atoms with Crippen molar-refractivity contribution in [1.29, 1.82) is 0 Å². The van der Waals surface area contributed by atoms with Crippen molar-refractivity contribution in [3.05, 3.63) is 97.5 Å². The van der Waals surface area contributed by atoms with Crippen molar-refractivity contribution in [1.82, 2.24) is 4.90 Å². The van der Waals surface area contributed by atoms with Gasteiger partial charge in [-0.2, -0.15) is 0 Å². The van der Waals surface area contributed by atoms with E-state index in [1.807, 2.05) is 62.4 Å². The first-order valence-electron chi connectivity index (χ1n) is 10.9. The predicted molar refractivity (Wildman–Crippen MR) is 147 cm³/mol. The number of hydrogen-bond donors (Lipinski definition) is 1. The number of carbonyl (C=O) groups excluding carboxylic acids is 3. The van der Waals surface area contributed by atoms with Crippen LogP contribution >= 0.6 is 34.4 Å². The number of amides is 3. The molecular formula is C27H23IN2O4S. The van der Waals surface area contributed by atoms with Crippen LogP contribution < -0.4 is 10.1 Å². The average Bonchev–Trinajstić information content (AvgIpc) is 3.08. The second-order valence-corrected chi connectivity index (χ2v) is 10.4. The SMILES string of the molecule is Cc1ccc(NC(=O)COc2cccc(/C=C3\SC(=O)N(Cc4ccc(I)cc4)C3=O)c2)c(C)c1. The van der Waals surface area contributed by atoms with E-state index in [0.717, 1.165) is 37.7 Å². The number of halogens is 1. The number of thioether (sulfide) groups is 1. The van der Waals surface area contributed by atoms with Gasteiger partial charge in [-0.15, -0.1) is 0 Å². The smallest absolute Gasteiger partial charge is 0.293 e. The Morgan fingerprint density at radius 2 is 1.83 bits per heavy atom. The summed E-state index contributed by atoms with van der Waals surface area (Å²) in [7, 11) is 0. The molecule has 3 amide bonds. The minimum Gasteiger partial charge on any atom is -0.484 e. The zero-order chi connectivity index (χ0) is 24.9. The van der Waals surface area contributed by atoms with E-state index in [2.05, 4.69) is 27.9 Å². The van der Waals surface area contributed by atoms with Gasteiger partial charge in [0, 0.05) is 9.26 Å². The Morgan fingerprint density at radius 1 is 1.06 bits per heavy atom. The van der Waals surface area contributed by atoms with Crippen molar-refractivity contribution in [2.45, 2.75) is 20.4 Å². The van der Waals surface area contributed by atoms with Gasteiger partial charge in [0.1, 0.15) is 5.75 Å². The fourth-order valence-corrected chi connectivity index (χ4v) is 4.74. The Hall–Kier alpha value is -3.11. The summed E-state index contributed by atoms with van der Waals surface area (Å²) in [6, 6.07) is 20.6. The number of aryl methyl sites for hydroxylation is 2. The zero-order valence-corrected chi connectivity index (χ0v) is 22.2. The van der Waals surface area contributed by atoms with E-state index in [1.54, 1.807) is 24.3 Å². The van der Waals surface area contributed by atoms with Crippen molar-refractivity contribution >= 4 is 63.2 Å². The van der Waals surface area contributed by atoms with Crippen LogP contribution in [0.4, 0.5) is 10.5 Å². The molecule has 0 saturated carbocycles. The van der Waals surface area contributed by atoms with E-state index in [4.69, 9.17) is 4.74 Å². The lowest BCUT2D eigenvalue weighted by atomic mass is 10.1. The first-order chi connectivity index (χ1) is 16.8. The maximum Gasteiger partial charge on any atom is 0.293 e. The van der Waals surface area contributed by atoms with Crippen LogP contribution in [0.5, 0.6) is 5.75 Å². The van der Waals surface area contributed by atoms with E-state index in [0.29, 0.717) is 16.2 Å². The van der Waals surface area contributed by atoms with Gasteiger partial charge in [-0.05, 0) is 101 Å². The summed E-state index contributed by atoms with van der Waals surface area (Å²) >= 11 is 3.13. The van der Waals surface area contributed by atoms with E-state index < -0.39 is 0 Å². The number of carbonyl (C=O) groups is 3. The first kappa shape index (κ1) is 25.0. The predicted octanol–water partition coefficient (Wildman–Crippen LogP) is 6.16. The molecule has 1 aliphatic rings. The molecule has 0 unspecified atom stereocenters. The number of benzene rings is 3. The van der Waals surface area contributed by atoms with E-state index >= 15 is 0 Å². The molecule has 0 aromatic heterocycles. The number of anilines is 1. The molecule has 1 fully saturated rings. The van der Waals surface area contributed by atoms with Crippen molar-refractivity contribution in [3.8, 4) is 5.75 Å². The fourth-order valence-electron chi connectivity index (χ4n) is 3.54. The van der Waals surface area contributed by atoms with Crippen LogP contribution in [0.15, 0.2) is 71.6 Å². The maximum absolute atomic E-state index is 12.8. The quantitative estimate of drug-likeness (QED) is 0.261. The van der Waals surface area contributed by atoms with Crippen LogP contribution in [-0.2, 0) is 16.1 Å². The van der Waals surface area contributed by atoms with Crippen LogP contribution in [0, 0.1) is 17.4 Å². The molecule has 1 saturated heterocycles. The Bertz CT molecular complexity index is 1320. The molecule has 0 bridgehead atoms. The number of nitrogens with one attached hydrogen (secondary N) is 1. The minimum atomic E-state index is -0.322. The number of hydrogen-bond acceptors (Lipinski definition) is 5. The molecule has 0 atom stereocenters. The summed E-state index contributed by atoms with van der Waals surface area (Å²) in [6.07, 6.45) is 1.67. The highest BCUT2D eigenvalue weighted by Gasteiger charge is 2.34. The monoisotopic (exact) mass is 598 g/mol. The fraction of sp³-hybridized carbons (Fsp3) is 0.148. The molecule has 0 radical (unpaired) electrons. The van der Waals surface area contributed by atoms with Crippen LogP contribution in [0.2, 0.25) is 0 Å². The number of rotatable bonds is 7. The number of nitrogens with zero attached hydrogens (tertiary/aromatic N) is 1. The molecule has 35 heavy (non-hydrogen) atoms. The van der Waals surface area contributed by atoms with Crippen LogP contribution in [0.1, 0.15) is 22.3 Å². The van der Waals surface area contributed by atoms with Gasteiger partial charge in [0.15, 0.2) is 6.61 Å². The van der Waals surface area contributed by atoms with Gasteiger partial charge in [-0.3, -0.25) is 19.3 Å². The lowest BCUT2D eigenvalue weighted by Crippen LogP contribution is -2.27. The molecular weight excluding hydrogens is 575 g/mol. The third kappa shape index (κ3) is 6.52. The highest BCUT2D eigenvalue weighted by molar-refractivity contribution is 14.1. The van der Waals surface area contributed by atoms with E-state index in [9.17, 15) is 14.4 Å². The second kappa shape index (κ2) is 11.1. The van der Waals surface area contributed by atoms with Gasteiger partial charge in [-0.25, -0.2) is 0 Å². The molecule has 8 heteroatoms. The van der Waals surface area contributed by atoms with Crippen molar-refractivity contribution in [2.75, 3.05) is 11.9 Å². The van der Waals surface area contributed by atoms with E-state index in [1.165, 1.54) is 4.90 Å². The van der Waals surface area contributed by atoms with Gasteiger partial charge in [-0.1, -0.05) is 42.0 Å². The Morgan fingerprint density at radius 3 is 2.57 bits per heavy atom. The average molecular weight is 598 g/mol. The number of imide groups is 1. The highest BCUT2D eigenvalue weighted by Crippen LogP contribution is 2.33. The molecule has 3 aromatic carbocycles. The third-order valence-corrected chi connectivity index (χ3v) is 6.94. The van der Waals surface area contributed by atoms with Gasteiger partial charge >= 0.3 is 0 Å². The molecule has 1 N–H and O–H groups in total. The molecule has 1 aliphatic heterocycles. The Kier molecular flexibility index (Phi) is 7.92. The molecule has 178 valence electrons. The Labute approximate surface area is 221 Å². The van der Waals surface area contributed by atoms with Crippen LogP contribution in [0.25, 0.3) is 6.08 Å². The molecule has 6 nitrogen and oxygen atoms in total. The second-order valence-electron chi connectivity index (χ2n) is 8.12. The van der Waals surface area contributed by atoms with Crippen molar-refractivity contribution in [3.63, 3.8) is 0 Å². The lowest BCUT2D eigenvalue weighted by Gasteiger charge is -2.12. The molecule has 0 spiro atoms. The summed E-state index contributed by atoms with van der Waals surface area (Å²) in [5.41, 5.74) is 4.46. The summed E-state index contributed by atoms with van der Waals surface area (Å²) in [6.45, 7) is 4.02. The summed E-state index contributed by atoms with van der Waals surface area (Å²) in [5, 5.41) is 2.56. The van der Waals surface area contributed by atoms with Crippen LogP contribution in [0.3, 0.4) is 0 Å². The summed E-state index contributed by atoms with van der Waals surface area (Å²) in [5.74, 6) is -0.0931. The van der Waals surface area contributed by atoms with E-state index in [-0.39, 0.29) is 30.2 Å². The summed E-state index contributed by atoms with van der Waals surface area (Å²) < 4.78 is 6.74. The minimum absolute atomic E-state index is 0.150. The zero-order valence-electron chi connectivity index (χ0n) is 19.2. The topological polar surface area (TPSA) is 75.7 Å². The molecule has 1 heterocycles. The van der Waals surface area contributed by atoms with Crippen molar-refractivity contribution in [2.24, 2.45) is 0 Å². The van der Waals surface area contributed by atoms with Gasteiger partial charge in [0.25, 0.3) is 17.1 Å². The standard InChI is InChI=1S/C27H23IN2O4S/c1-17-6-11-23(18(2)12-17)29-25(31)16-34-22-5-3-4-20(13-22)14-24-26(32)30(27(33)35-24)15-19-7-9-21(28)10-8-19/h3-14H,15-16H2,1-2H3,(H,29,31)/b24-14-. The summed E-state index contributed by atoms with van der Waals surface area (Å²) in [4.78, 5) is 39.2. The first-order valence-corrected chi connectivity index (χ1v) is 12.8. The Balaban J connectivity index is 1.38.